The van der Waals surface area contributed by atoms with E-state index in [2.05, 4.69) is 5.32 Å². The molecular weight excluding hydrogens is 371 g/mol. The van der Waals surface area contributed by atoms with Crippen LogP contribution in [0.2, 0.25) is 0 Å². The minimum atomic E-state index is -0.318. The molecule has 3 aromatic rings. The van der Waals surface area contributed by atoms with Gasteiger partial charge in [0.05, 0.1) is 26.2 Å². The van der Waals surface area contributed by atoms with E-state index >= 15 is 0 Å². The lowest BCUT2D eigenvalue weighted by Crippen LogP contribution is -2.26. The maximum Gasteiger partial charge on any atom is 0.222 e. The number of hydrogen-bond donors (Lipinski definition) is 1. The van der Waals surface area contributed by atoms with Gasteiger partial charge in [-0.15, -0.1) is 0 Å². The second-order valence-electron chi connectivity index (χ2n) is 6.60. The maximum absolute atomic E-state index is 13.7. The number of methoxy groups -OCH3 is 1. The molecule has 1 heterocycles. The number of amides is 1. The first kappa shape index (κ1) is 20.5. The van der Waals surface area contributed by atoms with E-state index in [4.69, 9.17) is 9.47 Å². The highest BCUT2D eigenvalue weighted by Crippen LogP contribution is 2.28. The zero-order valence-corrected chi connectivity index (χ0v) is 16.6. The molecule has 29 heavy (non-hydrogen) atoms. The van der Waals surface area contributed by atoms with Crippen molar-refractivity contribution in [2.45, 2.75) is 25.9 Å². The second kappa shape index (κ2) is 9.78. The lowest BCUT2D eigenvalue weighted by atomic mass is 10.0. The van der Waals surface area contributed by atoms with Crippen LogP contribution in [-0.4, -0.2) is 24.2 Å². The molecule has 6 heteroatoms. The zero-order chi connectivity index (χ0) is 20.6. The molecule has 0 spiro atoms. The van der Waals surface area contributed by atoms with Crippen LogP contribution in [0.4, 0.5) is 4.39 Å². The third-order valence-corrected chi connectivity index (χ3v) is 4.62. The van der Waals surface area contributed by atoms with E-state index in [1.165, 1.54) is 12.1 Å². The Morgan fingerprint density at radius 1 is 1.10 bits per heavy atom. The topological polar surface area (TPSA) is 52.5 Å². The molecule has 0 saturated carbocycles. The normalized spacial score (nSPS) is 11.7. The third-order valence-electron chi connectivity index (χ3n) is 4.62. The monoisotopic (exact) mass is 396 g/mol. The number of carbonyl (C=O) groups is 1. The summed E-state index contributed by atoms with van der Waals surface area (Å²) in [4.78, 5) is 12.6. The molecule has 152 valence electrons. The SMILES string of the molecule is CCOc1ccc(CNC(=O)C[C@H](c2cccc(F)c2)n2cccc2)cc1OC. The standard InChI is InChI=1S/C23H25FN2O3/c1-3-29-21-10-9-17(13-22(21)28-2)16-25-23(27)15-20(26-11-4-5-12-26)18-7-6-8-19(24)14-18/h4-14,20H,3,15-16H2,1-2H3,(H,25,27)/t20-/m1/s1. The predicted molar refractivity (Wildman–Crippen MR) is 110 cm³/mol. The van der Waals surface area contributed by atoms with Crippen molar-refractivity contribution in [1.82, 2.24) is 9.88 Å². The number of halogens is 1. The van der Waals surface area contributed by atoms with Gasteiger partial charge >= 0.3 is 0 Å². The first-order valence-corrected chi connectivity index (χ1v) is 9.55. The van der Waals surface area contributed by atoms with Gasteiger partial charge in [-0.25, -0.2) is 4.39 Å². The van der Waals surface area contributed by atoms with E-state index in [1.54, 1.807) is 13.2 Å². The highest BCUT2D eigenvalue weighted by atomic mass is 19.1. The molecule has 0 radical (unpaired) electrons. The Labute approximate surface area is 170 Å². The van der Waals surface area contributed by atoms with E-state index < -0.39 is 0 Å². The lowest BCUT2D eigenvalue weighted by molar-refractivity contribution is -0.121. The zero-order valence-electron chi connectivity index (χ0n) is 16.6. The number of rotatable bonds is 9. The average Bonchev–Trinajstić information content (AvgIpc) is 3.26. The summed E-state index contributed by atoms with van der Waals surface area (Å²) < 4.78 is 26.5. The van der Waals surface area contributed by atoms with E-state index in [9.17, 15) is 9.18 Å². The molecule has 0 aliphatic heterocycles. The van der Waals surface area contributed by atoms with Crippen LogP contribution in [0.3, 0.4) is 0 Å². The molecule has 0 fully saturated rings. The number of carbonyl (C=O) groups excluding carboxylic acids is 1. The van der Waals surface area contributed by atoms with Crippen LogP contribution in [0, 0.1) is 5.82 Å². The molecule has 3 rings (SSSR count). The second-order valence-corrected chi connectivity index (χ2v) is 6.60. The van der Waals surface area contributed by atoms with Crippen molar-refractivity contribution in [3.63, 3.8) is 0 Å². The van der Waals surface area contributed by atoms with E-state index in [-0.39, 0.29) is 24.2 Å². The van der Waals surface area contributed by atoms with Gasteiger partial charge < -0.3 is 19.4 Å². The average molecular weight is 396 g/mol. The molecule has 5 nitrogen and oxygen atoms in total. The van der Waals surface area contributed by atoms with Gasteiger partial charge in [-0.2, -0.15) is 0 Å². The minimum absolute atomic E-state index is 0.124. The molecular formula is C23H25FN2O3. The highest BCUT2D eigenvalue weighted by molar-refractivity contribution is 5.77. The van der Waals surface area contributed by atoms with E-state index in [0.717, 1.165) is 11.1 Å². The number of benzene rings is 2. The van der Waals surface area contributed by atoms with Gasteiger partial charge in [0, 0.05) is 18.9 Å². The molecule has 1 N–H and O–H groups in total. The number of nitrogens with one attached hydrogen (secondary N) is 1. The van der Waals surface area contributed by atoms with Gasteiger partial charge in [-0.3, -0.25) is 4.79 Å². The molecule has 0 saturated heterocycles. The predicted octanol–water partition coefficient (Wildman–Crippen LogP) is 4.33. The number of aromatic nitrogens is 1. The van der Waals surface area contributed by atoms with Crippen molar-refractivity contribution in [3.05, 3.63) is 83.9 Å². The van der Waals surface area contributed by atoms with E-state index in [0.29, 0.717) is 24.7 Å². The molecule has 1 atom stereocenters. The fourth-order valence-electron chi connectivity index (χ4n) is 3.21. The van der Waals surface area contributed by atoms with Crippen molar-refractivity contribution in [1.29, 1.82) is 0 Å². The lowest BCUT2D eigenvalue weighted by Gasteiger charge is -2.19. The Morgan fingerprint density at radius 2 is 1.90 bits per heavy atom. The number of hydrogen-bond acceptors (Lipinski definition) is 3. The Kier molecular flexibility index (Phi) is 6.89. The first-order chi connectivity index (χ1) is 14.1. The van der Waals surface area contributed by atoms with Crippen molar-refractivity contribution in [2.75, 3.05) is 13.7 Å². The summed E-state index contributed by atoms with van der Waals surface area (Å²) >= 11 is 0. The van der Waals surface area contributed by atoms with Crippen LogP contribution in [0.25, 0.3) is 0 Å². The van der Waals surface area contributed by atoms with Gasteiger partial charge in [-0.1, -0.05) is 18.2 Å². The van der Waals surface area contributed by atoms with E-state index in [1.807, 2.05) is 60.3 Å². The van der Waals surface area contributed by atoms with Crippen molar-refractivity contribution < 1.29 is 18.7 Å². The summed E-state index contributed by atoms with van der Waals surface area (Å²) in [6, 6.07) is 15.4. The van der Waals surface area contributed by atoms with Crippen LogP contribution in [0.15, 0.2) is 67.0 Å². The fourth-order valence-corrected chi connectivity index (χ4v) is 3.21. The smallest absolute Gasteiger partial charge is 0.222 e. The van der Waals surface area contributed by atoms with Gasteiger partial charge in [0.25, 0.3) is 0 Å². The summed E-state index contributed by atoms with van der Waals surface area (Å²) in [7, 11) is 1.58. The summed E-state index contributed by atoms with van der Waals surface area (Å²) in [5.74, 6) is 0.856. The van der Waals surface area contributed by atoms with Gasteiger partial charge in [-0.05, 0) is 54.4 Å². The molecule has 1 amide bonds. The molecule has 1 aromatic heterocycles. The third kappa shape index (κ3) is 5.38. The van der Waals surface area contributed by atoms with Gasteiger partial charge in [0.15, 0.2) is 11.5 Å². The maximum atomic E-state index is 13.7. The molecule has 0 aliphatic carbocycles. The Balaban J connectivity index is 1.68. The van der Waals surface area contributed by atoms with Gasteiger partial charge in [0.1, 0.15) is 5.82 Å². The van der Waals surface area contributed by atoms with Crippen molar-refractivity contribution in [2.24, 2.45) is 0 Å². The number of nitrogens with zero attached hydrogens (tertiary/aromatic N) is 1. The Morgan fingerprint density at radius 3 is 2.59 bits per heavy atom. The van der Waals surface area contributed by atoms with Crippen LogP contribution >= 0.6 is 0 Å². The van der Waals surface area contributed by atoms with Crippen LogP contribution in [0.1, 0.15) is 30.5 Å². The highest BCUT2D eigenvalue weighted by Gasteiger charge is 2.18. The summed E-state index contributed by atoms with van der Waals surface area (Å²) in [5, 5.41) is 2.94. The molecule has 0 bridgehead atoms. The summed E-state index contributed by atoms with van der Waals surface area (Å²) in [5.41, 5.74) is 1.65. The van der Waals surface area contributed by atoms with Crippen LogP contribution in [0.5, 0.6) is 11.5 Å². The summed E-state index contributed by atoms with van der Waals surface area (Å²) in [6.45, 7) is 2.82. The fraction of sp³-hybridized carbons (Fsp3) is 0.261. The Hall–Kier alpha value is -3.28. The van der Waals surface area contributed by atoms with Crippen molar-refractivity contribution >= 4 is 5.91 Å². The Bertz CT molecular complexity index is 941. The van der Waals surface area contributed by atoms with Crippen LogP contribution in [-0.2, 0) is 11.3 Å². The van der Waals surface area contributed by atoms with Crippen molar-refractivity contribution in [3.8, 4) is 11.5 Å². The van der Waals surface area contributed by atoms with Crippen LogP contribution < -0.4 is 14.8 Å². The molecule has 0 aliphatic rings. The molecule has 0 unspecified atom stereocenters. The molecule has 2 aromatic carbocycles. The largest absolute Gasteiger partial charge is 0.493 e. The van der Waals surface area contributed by atoms with Gasteiger partial charge in [0.2, 0.25) is 5.91 Å². The summed E-state index contributed by atoms with van der Waals surface area (Å²) in [6.07, 6.45) is 3.95. The minimum Gasteiger partial charge on any atom is -0.493 e. The first-order valence-electron chi connectivity index (χ1n) is 9.55. The number of ether oxygens (including phenoxy) is 2. The quantitative estimate of drug-likeness (QED) is 0.586.